The van der Waals surface area contributed by atoms with Gasteiger partial charge >= 0.3 is 0 Å². The first-order chi connectivity index (χ1) is 10.00. The minimum atomic E-state index is 0.385. The van der Waals surface area contributed by atoms with Gasteiger partial charge in [0, 0.05) is 20.1 Å². The van der Waals surface area contributed by atoms with Crippen LogP contribution in [0, 0.1) is 12.3 Å². The molecular weight excluding hydrogens is 262 g/mol. The molecule has 0 radical (unpaired) electrons. The molecule has 0 amide bonds. The fraction of sp³-hybridized carbons (Fsp3) is 0.588. The second kappa shape index (κ2) is 6.83. The van der Waals surface area contributed by atoms with Crippen molar-refractivity contribution in [2.45, 2.75) is 27.2 Å². The van der Waals surface area contributed by atoms with Crippen LogP contribution in [0.1, 0.15) is 25.8 Å². The Morgan fingerprint density at radius 3 is 2.62 bits per heavy atom. The van der Waals surface area contributed by atoms with Gasteiger partial charge in [0.05, 0.1) is 6.54 Å². The van der Waals surface area contributed by atoms with Crippen LogP contribution >= 0.6 is 0 Å². The van der Waals surface area contributed by atoms with Crippen molar-refractivity contribution in [1.82, 2.24) is 10.2 Å². The maximum atomic E-state index is 5.72. The lowest BCUT2D eigenvalue weighted by atomic mass is 9.93. The van der Waals surface area contributed by atoms with Gasteiger partial charge in [-0.1, -0.05) is 31.5 Å². The number of hydrogen-bond acceptors (Lipinski definition) is 2. The van der Waals surface area contributed by atoms with Gasteiger partial charge in [0.1, 0.15) is 12.4 Å². The van der Waals surface area contributed by atoms with Gasteiger partial charge in [0.2, 0.25) is 0 Å². The van der Waals surface area contributed by atoms with Crippen molar-refractivity contribution in [2.75, 3.05) is 33.3 Å². The Balaban J connectivity index is 1.73. The number of benzene rings is 1. The van der Waals surface area contributed by atoms with Crippen LogP contribution in [0.4, 0.5) is 0 Å². The highest BCUT2D eigenvalue weighted by Gasteiger charge is 2.30. The molecule has 1 aliphatic heterocycles. The fourth-order valence-electron chi connectivity index (χ4n) is 2.59. The van der Waals surface area contributed by atoms with E-state index in [4.69, 9.17) is 4.74 Å². The Hall–Kier alpha value is -1.71. The van der Waals surface area contributed by atoms with Crippen LogP contribution in [0.5, 0.6) is 5.75 Å². The van der Waals surface area contributed by atoms with Crippen molar-refractivity contribution in [1.29, 1.82) is 0 Å². The smallest absolute Gasteiger partial charge is 0.193 e. The van der Waals surface area contributed by atoms with E-state index in [1.54, 1.807) is 0 Å². The summed E-state index contributed by atoms with van der Waals surface area (Å²) in [5.74, 6) is 1.90. The van der Waals surface area contributed by atoms with Crippen LogP contribution in [0.25, 0.3) is 0 Å². The van der Waals surface area contributed by atoms with E-state index in [2.05, 4.69) is 48.1 Å². The molecule has 0 aliphatic carbocycles. The van der Waals surface area contributed by atoms with Gasteiger partial charge in [-0.2, -0.15) is 0 Å². The molecule has 0 unspecified atom stereocenters. The van der Waals surface area contributed by atoms with Crippen LogP contribution in [-0.4, -0.2) is 44.1 Å². The zero-order chi connectivity index (χ0) is 15.3. The first-order valence-corrected chi connectivity index (χ1v) is 7.65. The Morgan fingerprint density at radius 1 is 1.33 bits per heavy atom. The molecule has 2 rings (SSSR count). The molecule has 1 heterocycles. The zero-order valence-corrected chi connectivity index (χ0v) is 13.6. The Bertz CT molecular complexity index is 479. The van der Waals surface area contributed by atoms with Crippen molar-refractivity contribution in [3.05, 3.63) is 29.8 Å². The minimum Gasteiger partial charge on any atom is -0.492 e. The van der Waals surface area contributed by atoms with Gasteiger partial charge < -0.3 is 15.0 Å². The monoisotopic (exact) mass is 289 g/mol. The molecule has 4 heteroatoms. The highest BCUT2D eigenvalue weighted by Crippen LogP contribution is 2.28. The SMILES string of the molecule is CN=C(NCCOc1ccc(C)cc1)N1CCC(C)(C)C1. The number of rotatable bonds is 4. The molecule has 1 fully saturated rings. The number of nitrogens with one attached hydrogen (secondary N) is 1. The van der Waals surface area contributed by atoms with Crippen molar-refractivity contribution in [3.8, 4) is 5.75 Å². The lowest BCUT2D eigenvalue weighted by Gasteiger charge is -2.23. The average molecular weight is 289 g/mol. The molecule has 0 saturated carbocycles. The van der Waals surface area contributed by atoms with E-state index in [1.165, 1.54) is 12.0 Å². The molecule has 1 saturated heterocycles. The Kier molecular flexibility index (Phi) is 5.10. The number of aliphatic imine (C=N–C) groups is 1. The van der Waals surface area contributed by atoms with E-state index in [0.29, 0.717) is 12.0 Å². The highest BCUT2D eigenvalue weighted by atomic mass is 16.5. The quantitative estimate of drug-likeness (QED) is 0.526. The topological polar surface area (TPSA) is 36.9 Å². The Morgan fingerprint density at radius 2 is 2.05 bits per heavy atom. The summed E-state index contributed by atoms with van der Waals surface area (Å²) in [6.45, 7) is 10.2. The molecule has 0 bridgehead atoms. The molecule has 1 aliphatic rings. The summed E-state index contributed by atoms with van der Waals surface area (Å²) in [6.07, 6.45) is 1.22. The van der Waals surface area contributed by atoms with Crippen molar-refractivity contribution in [3.63, 3.8) is 0 Å². The standard InChI is InChI=1S/C17H27N3O/c1-14-5-7-15(8-6-14)21-12-10-19-16(18-4)20-11-9-17(2,3)13-20/h5-8H,9-13H2,1-4H3,(H,18,19). The molecule has 0 spiro atoms. The molecule has 0 aromatic heterocycles. The lowest BCUT2D eigenvalue weighted by Crippen LogP contribution is -2.42. The van der Waals surface area contributed by atoms with E-state index in [9.17, 15) is 0 Å². The number of guanidine groups is 1. The summed E-state index contributed by atoms with van der Waals surface area (Å²) in [4.78, 5) is 6.69. The summed E-state index contributed by atoms with van der Waals surface area (Å²) in [7, 11) is 1.84. The number of likely N-dealkylation sites (tertiary alicyclic amines) is 1. The normalized spacial score (nSPS) is 17.9. The van der Waals surface area contributed by atoms with E-state index in [1.807, 2.05) is 19.2 Å². The number of ether oxygens (including phenoxy) is 1. The maximum absolute atomic E-state index is 5.72. The molecule has 0 atom stereocenters. The van der Waals surface area contributed by atoms with E-state index in [0.717, 1.165) is 31.3 Å². The first kappa shape index (κ1) is 15.7. The number of aryl methyl sites for hydroxylation is 1. The molecule has 1 aromatic rings. The zero-order valence-electron chi connectivity index (χ0n) is 13.6. The number of nitrogens with zero attached hydrogens (tertiary/aromatic N) is 2. The van der Waals surface area contributed by atoms with Gasteiger partial charge in [0.15, 0.2) is 5.96 Å². The summed E-state index contributed by atoms with van der Waals surface area (Å²) in [5, 5.41) is 3.38. The predicted octanol–water partition coefficient (Wildman–Crippen LogP) is 2.68. The predicted molar refractivity (Wildman–Crippen MR) is 88.0 cm³/mol. The molecule has 1 N–H and O–H groups in total. The third kappa shape index (κ3) is 4.66. The van der Waals surface area contributed by atoms with Crippen molar-refractivity contribution < 1.29 is 4.74 Å². The molecular formula is C17H27N3O. The van der Waals surface area contributed by atoms with Crippen LogP contribution in [0.15, 0.2) is 29.3 Å². The van der Waals surface area contributed by atoms with Gasteiger partial charge in [0.25, 0.3) is 0 Å². The first-order valence-electron chi connectivity index (χ1n) is 7.65. The lowest BCUT2D eigenvalue weighted by molar-refractivity contribution is 0.317. The van der Waals surface area contributed by atoms with Crippen molar-refractivity contribution >= 4 is 5.96 Å². The molecule has 4 nitrogen and oxygen atoms in total. The van der Waals surface area contributed by atoms with E-state index < -0.39 is 0 Å². The Labute approximate surface area is 128 Å². The van der Waals surface area contributed by atoms with Crippen LogP contribution in [0.2, 0.25) is 0 Å². The summed E-state index contributed by atoms with van der Waals surface area (Å²) in [5.41, 5.74) is 1.63. The van der Waals surface area contributed by atoms with Crippen LogP contribution < -0.4 is 10.1 Å². The third-order valence-corrected chi connectivity index (χ3v) is 3.86. The summed E-state index contributed by atoms with van der Waals surface area (Å²) < 4.78 is 5.72. The van der Waals surface area contributed by atoms with Gasteiger partial charge in [-0.15, -0.1) is 0 Å². The van der Waals surface area contributed by atoms with Crippen molar-refractivity contribution in [2.24, 2.45) is 10.4 Å². The fourth-order valence-corrected chi connectivity index (χ4v) is 2.59. The highest BCUT2D eigenvalue weighted by molar-refractivity contribution is 5.80. The van der Waals surface area contributed by atoms with Crippen LogP contribution in [-0.2, 0) is 0 Å². The summed E-state index contributed by atoms with van der Waals surface area (Å²) in [6, 6.07) is 8.14. The van der Waals surface area contributed by atoms with E-state index in [-0.39, 0.29) is 0 Å². The maximum Gasteiger partial charge on any atom is 0.193 e. The molecule has 116 valence electrons. The molecule has 21 heavy (non-hydrogen) atoms. The molecule has 1 aromatic carbocycles. The summed E-state index contributed by atoms with van der Waals surface area (Å²) >= 11 is 0. The minimum absolute atomic E-state index is 0.385. The van der Waals surface area contributed by atoms with Gasteiger partial charge in [-0.05, 0) is 30.9 Å². The van der Waals surface area contributed by atoms with Gasteiger partial charge in [-0.3, -0.25) is 4.99 Å². The van der Waals surface area contributed by atoms with Gasteiger partial charge in [-0.25, -0.2) is 0 Å². The van der Waals surface area contributed by atoms with E-state index >= 15 is 0 Å². The largest absolute Gasteiger partial charge is 0.492 e. The second-order valence-corrected chi connectivity index (χ2v) is 6.47. The van der Waals surface area contributed by atoms with Crippen LogP contribution in [0.3, 0.4) is 0 Å². The second-order valence-electron chi connectivity index (χ2n) is 6.47. The third-order valence-electron chi connectivity index (χ3n) is 3.86. The number of hydrogen-bond donors (Lipinski definition) is 1. The average Bonchev–Trinajstić information content (AvgIpc) is 2.81.